The average Bonchev–Trinajstić information content (AvgIpc) is 2.81. The van der Waals surface area contributed by atoms with E-state index in [0.717, 1.165) is 9.35 Å². The smallest absolute Gasteiger partial charge is 0.255 e. The summed E-state index contributed by atoms with van der Waals surface area (Å²) in [6.07, 6.45) is 0. The molecule has 3 nitrogen and oxygen atoms in total. The molecule has 100 valence electrons. The molecule has 0 aliphatic carbocycles. The van der Waals surface area contributed by atoms with Gasteiger partial charge in [-0.15, -0.1) is 11.3 Å². The maximum atomic E-state index is 12.1. The fraction of sp³-hybridized carbons (Fsp3) is 0.154. The van der Waals surface area contributed by atoms with Gasteiger partial charge >= 0.3 is 0 Å². The Morgan fingerprint density at radius 2 is 2.26 bits per heavy atom. The highest BCUT2D eigenvalue weighted by Gasteiger charge is 2.12. The lowest BCUT2D eigenvalue weighted by Crippen LogP contribution is -2.22. The SMILES string of the molecule is COc1ccc(Cl)cc1C(=O)NCc1cc(Br)cs1. The molecule has 0 saturated heterocycles. The monoisotopic (exact) mass is 359 g/mol. The van der Waals surface area contributed by atoms with Crippen LogP contribution in [0.3, 0.4) is 0 Å². The minimum absolute atomic E-state index is 0.205. The van der Waals surface area contributed by atoms with Gasteiger partial charge in [-0.1, -0.05) is 11.6 Å². The summed E-state index contributed by atoms with van der Waals surface area (Å²) in [7, 11) is 1.52. The van der Waals surface area contributed by atoms with Crippen LogP contribution in [0.4, 0.5) is 0 Å². The van der Waals surface area contributed by atoms with E-state index in [1.165, 1.54) is 7.11 Å². The Morgan fingerprint density at radius 1 is 1.47 bits per heavy atom. The van der Waals surface area contributed by atoms with Gasteiger partial charge in [-0.2, -0.15) is 0 Å². The second-order valence-corrected chi connectivity index (χ2v) is 6.11. The zero-order valence-corrected chi connectivity index (χ0v) is 13.2. The van der Waals surface area contributed by atoms with Crippen LogP contribution in [0.5, 0.6) is 5.75 Å². The van der Waals surface area contributed by atoms with Gasteiger partial charge in [-0.05, 0) is 40.2 Å². The molecule has 0 aliphatic rings. The zero-order valence-electron chi connectivity index (χ0n) is 10.1. The molecular formula is C13H11BrClNO2S. The van der Waals surface area contributed by atoms with E-state index >= 15 is 0 Å². The highest BCUT2D eigenvalue weighted by molar-refractivity contribution is 9.10. The molecule has 1 N–H and O–H groups in total. The quantitative estimate of drug-likeness (QED) is 0.891. The van der Waals surface area contributed by atoms with E-state index in [-0.39, 0.29) is 5.91 Å². The van der Waals surface area contributed by atoms with Crippen molar-refractivity contribution in [3.8, 4) is 5.75 Å². The molecule has 19 heavy (non-hydrogen) atoms. The van der Waals surface area contributed by atoms with Gasteiger partial charge in [-0.25, -0.2) is 0 Å². The van der Waals surface area contributed by atoms with E-state index in [2.05, 4.69) is 21.2 Å². The van der Waals surface area contributed by atoms with Crippen LogP contribution in [-0.4, -0.2) is 13.0 Å². The van der Waals surface area contributed by atoms with Crippen molar-refractivity contribution in [1.29, 1.82) is 0 Å². The zero-order chi connectivity index (χ0) is 13.8. The number of hydrogen-bond donors (Lipinski definition) is 1. The van der Waals surface area contributed by atoms with Crippen LogP contribution in [0.2, 0.25) is 5.02 Å². The second kappa shape index (κ2) is 6.41. The van der Waals surface area contributed by atoms with E-state index in [4.69, 9.17) is 16.3 Å². The first-order chi connectivity index (χ1) is 9.10. The molecule has 0 bridgehead atoms. The summed E-state index contributed by atoms with van der Waals surface area (Å²) in [6, 6.07) is 6.94. The topological polar surface area (TPSA) is 38.3 Å². The molecule has 0 fully saturated rings. The number of methoxy groups -OCH3 is 1. The molecule has 1 aromatic carbocycles. The minimum Gasteiger partial charge on any atom is -0.496 e. The molecule has 6 heteroatoms. The number of benzene rings is 1. The summed E-state index contributed by atoms with van der Waals surface area (Å²) < 4.78 is 6.17. The van der Waals surface area contributed by atoms with E-state index in [1.807, 2.05) is 11.4 Å². The van der Waals surface area contributed by atoms with Gasteiger partial charge in [0.15, 0.2) is 0 Å². The third-order valence-corrected chi connectivity index (χ3v) is 4.38. The molecule has 1 heterocycles. The van der Waals surface area contributed by atoms with Gasteiger partial charge in [0.25, 0.3) is 5.91 Å². The lowest BCUT2D eigenvalue weighted by Gasteiger charge is -2.09. The third-order valence-electron chi connectivity index (χ3n) is 2.45. The fourth-order valence-corrected chi connectivity index (χ4v) is 3.13. The van der Waals surface area contributed by atoms with Crippen molar-refractivity contribution in [1.82, 2.24) is 5.32 Å². The number of thiophene rings is 1. The van der Waals surface area contributed by atoms with Crippen LogP contribution >= 0.6 is 38.9 Å². The minimum atomic E-state index is -0.205. The van der Waals surface area contributed by atoms with E-state index in [0.29, 0.717) is 22.9 Å². The number of rotatable bonds is 4. The number of hydrogen-bond acceptors (Lipinski definition) is 3. The first-order valence-corrected chi connectivity index (χ1v) is 7.50. The molecule has 2 rings (SSSR count). The third kappa shape index (κ3) is 3.72. The summed E-state index contributed by atoms with van der Waals surface area (Å²) >= 11 is 10.9. The van der Waals surface area contributed by atoms with E-state index in [1.54, 1.807) is 29.5 Å². The molecule has 0 radical (unpaired) electrons. The predicted octanol–water partition coefficient (Wildman–Crippen LogP) is 4.10. The normalized spacial score (nSPS) is 10.3. The number of amides is 1. The Morgan fingerprint density at radius 3 is 2.89 bits per heavy atom. The average molecular weight is 361 g/mol. The van der Waals surface area contributed by atoms with Crippen molar-refractivity contribution < 1.29 is 9.53 Å². The largest absolute Gasteiger partial charge is 0.496 e. The van der Waals surface area contributed by atoms with E-state index in [9.17, 15) is 4.79 Å². The van der Waals surface area contributed by atoms with Crippen LogP contribution in [-0.2, 0) is 6.54 Å². The van der Waals surface area contributed by atoms with Crippen LogP contribution in [0.25, 0.3) is 0 Å². The molecule has 0 atom stereocenters. The lowest BCUT2D eigenvalue weighted by molar-refractivity contribution is 0.0948. The summed E-state index contributed by atoms with van der Waals surface area (Å²) in [5.41, 5.74) is 0.436. The van der Waals surface area contributed by atoms with Gasteiger partial charge < -0.3 is 10.1 Å². The van der Waals surface area contributed by atoms with E-state index < -0.39 is 0 Å². The van der Waals surface area contributed by atoms with Gasteiger partial charge in [0.05, 0.1) is 19.2 Å². The van der Waals surface area contributed by atoms with Crippen molar-refractivity contribution in [3.63, 3.8) is 0 Å². The Hall–Kier alpha value is -1.04. The number of nitrogens with one attached hydrogen (secondary N) is 1. The maximum Gasteiger partial charge on any atom is 0.255 e. The Bertz CT molecular complexity index is 600. The first kappa shape index (κ1) is 14.4. The fourth-order valence-electron chi connectivity index (χ4n) is 1.57. The number of ether oxygens (including phenoxy) is 1. The van der Waals surface area contributed by atoms with Crippen molar-refractivity contribution in [2.24, 2.45) is 0 Å². The Labute approximate surface area is 128 Å². The van der Waals surface area contributed by atoms with Crippen molar-refractivity contribution >= 4 is 44.8 Å². The van der Waals surface area contributed by atoms with Crippen LogP contribution in [0, 0.1) is 0 Å². The van der Waals surface area contributed by atoms with Crippen LogP contribution < -0.4 is 10.1 Å². The molecule has 1 aromatic heterocycles. The standard InChI is InChI=1S/C13H11BrClNO2S/c1-18-12-3-2-9(15)5-11(12)13(17)16-6-10-4-8(14)7-19-10/h2-5,7H,6H2,1H3,(H,16,17). The molecule has 0 unspecified atom stereocenters. The van der Waals surface area contributed by atoms with Gasteiger partial charge in [0.1, 0.15) is 5.75 Å². The molecule has 0 saturated carbocycles. The maximum absolute atomic E-state index is 12.1. The Kier molecular flexibility index (Phi) is 4.85. The molecule has 0 spiro atoms. The van der Waals surface area contributed by atoms with Crippen LogP contribution in [0.15, 0.2) is 34.1 Å². The first-order valence-electron chi connectivity index (χ1n) is 5.45. The highest BCUT2D eigenvalue weighted by Crippen LogP contribution is 2.23. The highest BCUT2D eigenvalue weighted by atomic mass is 79.9. The van der Waals surface area contributed by atoms with Crippen molar-refractivity contribution in [2.75, 3.05) is 7.11 Å². The Balaban J connectivity index is 2.09. The molecule has 1 amide bonds. The predicted molar refractivity (Wildman–Crippen MR) is 81.2 cm³/mol. The second-order valence-electron chi connectivity index (χ2n) is 3.76. The number of carbonyl (C=O) groups excluding carboxylic acids is 1. The summed E-state index contributed by atoms with van der Waals surface area (Å²) in [5, 5.41) is 5.32. The van der Waals surface area contributed by atoms with Gasteiger partial charge in [0.2, 0.25) is 0 Å². The van der Waals surface area contributed by atoms with Gasteiger partial charge in [0, 0.05) is 19.8 Å². The summed E-state index contributed by atoms with van der Waals surface area (Å²) in [5.74, 6) is 0.304. The lowest BCUT2D eigenvalue weighted by atomic mass is 10.2. The number of carbonyl (C=O) groups is 1. The number of halogens is 2. The summed E-state index contributed by atoms with van der Waals surface area (Å²) in [6.45, 7) is 0.477. The molecule has 0 aliphatic heterocycles. The summed E-state index contributed by atoms with van der Waals surface area (Å²) in [4.78, 5) is 13.2. The van der Waals surface area contributed by atoms with Crippen LogP contribution in [0.1, 0.15) is 15.2 Å². The van der Waals surface area contributed by atoms with Crippen molar-refractivity contribution in [3.05, 3.63) is 49.6 Å². The van der Waals surface area contributed by atoms with Crippen molar-refractivity contribution in [2.45, 2.75) is 6.54 Å². The molecule has 2 aromatic rings. The van der Waals surface area contributed by atoms with Gasteiger partial charge in [-0.3, -0.25) is 4.79 Å². The molecular weight excluding hydrogens is 350 g/mol.